The summed E-state index contributed by atoms with van der Waals surface area (Å²) < 4.78 is 24.3. The predicted octanol–water partition coefficient (Wildman–Crippen LogP) is 4.68. The van der Waals surface area contributed by atoms with Crippen molar-refractivity contribution in [3.8, 4) is 16.9 Å². The van der Waals surface area contributed by atoms with Gasteiger partial charge in [0.25, 0.3) is 5.56 Å². The second kappa shape index (κ2) is 10.4. The molecule has 0 amide bonds. The molecule has 0 bridgehead atoms. The first-order chi connectivity index (χ1) is 17.0. The Hall–Kier alpha value is -4.79. The Morgan fingerprint density at radius 3 is 2.46 bits per heavy atom. The van der Waals surface area contributed by atoms with E-state index in [1.54, 1.807) is 36.8 Å². The van der Waals surface area contributed by atoms with E-state index < -0.39 is 11.8 Å². The smallest absolute Gasteiger partial charge is 0.338 e. The van der Waals surface area contributed by atoms with Crippen LogP contribution in [-0.2, 0) is 4.74 Å². The molecule has 4 rings (SSSR count). The molecule has 2 aromatic carbocycles. The lowest BCUT2D eigenvalue weighted by molar-refractivity contribution is 0.0600. The molecular weight excluding hydrogens is 451 g/mol. The van der Waals surface area contributed by atoms with Gasteiger partial charge >= 0.3 is 5.97 Å². The number of nitrogens with one attached hydrogen (secondary N) is 2. The Bertz CT molecular complexity index is 1430. The van der Waals surface area contributed by atoms with Crippen molar-refractivity contribution < 1.29 is 18.7 Å². The number of ether oxygens (including phenoxy) is 2. The van der Waals surface area contributed by atoms with Gasteiger partial charge in [0.1, 0.15) is 0 Å². The number of methoxy groups -OCH3 is 2. The summed E-state index contributed by atoms with van der Waals surface area (Å²) in [4.78, 5) is 35.0. The van der Waals surface area contributed by atoms with Crippen molar-refractivity contribution in [2.24, 2.45) is 0 Å². The number of pyridine rings is 1. The van der Waals surface area contributed by atoms with Crippen molar-refractivity contribution in [1.82, 2.24) is 15.0 Å². The SMILES string of the molecule is COC(=O)c1cc(/C=C/c2cnc(Nc3ccc(-c4ccc[nH]c4=O)cc3)nc2)c(F)c(OC)c1. The van der Waals surface area contributed by atoms with Gasteiger partial charge in [-0.2, -0.15) is 0 Å². The van der Waals surface area contributed by atoms with Crippen molar-refractivity contribution in [1.29, 1.82) is 0 Å². The van der Waals surface area contributed by atoms with Gasteiger partial charge in [0.05, 0.1) is 19.8 Å². The number of halogens is 1. The second-order valence-corrected chi connectivity index (χ2v) is 7.36. The van der Waals surface area contributed by atoms with Crippen molar-refractivity contribution in [2.75, 3.05) is 19.5 Å². The van der Waals surface area contributed by atoms with Gasteiger partial charge in [-0.1, -0.05) is 24.3 Å². The summed E-state index contributed by atoms with van der Waals surface area (Å²) in [6.45, 7) is 0. The first-order valence-electron chi connectivity index (χ1n) is 10.5. The molecule has 0 unspecified atom stereocenters. The Labute approximate surface area is 200 Å². The Balaban J connectivity index is 1.47. The lowest BCUT2D eigenvalue weighted by Gasteiger charge is -2.08. The molecular formula is C26H21FN4O4. The maximum Gasteiger partial charge on any atom is 0.338 e. The molecule has 8 nitrogen and oxygen atoms in total. The number of carbonyl (C=O) groups excluding carboxylic acids is 1. The molecule has 0 atom stereocenters. The second-order valence-electron chi connectivity index (χ2n) is 7.36. The van der Waals surface area contributed by atoms with Crippen molar-refractivity contribution >= 4 is 29.8 Å². The summed E-state index contributed by atoms with van der Waals surface area (Å²) in [7, 11) is 2.57. The molecule has 2 heterocycles. The van der Waals surface area contributed by atoms with Crippen LogP contribution in [0.1, 0.15) is 21.5 Å². The van der Waals surface area contributed by atoms with E-state index in [2.05, 4.69) is 20.3 Å². The van der Waals surface area contributed by atoms with Gasteiger partial charge in [0.15, 0.2) is 11.6 Å². The molecule has 0 aliphatic heterocycles. The zero-order chi connectivity index (χ0) is 24.8. The molecule has 0 aliphatic carbocycles. The molecule has 176 valence electrons. The molecule has 0 spiro atoms. The van der Waals surface area contributed by atoms with Gasteiger partial charge in [-0.15, -0.1) is 0 Å². The van der Waals surface area contributed by atoms with Gasteiger partial charge in [-0.25, -0.2) is 19.2 Å². The summed E-state index contributed by atoms with van der Waals surface area (Å²) in [5, 5.41) is 3.09. The van der Waals surface area contributed by atoms with Gasteiger partial charge in [-0.05, 0) is 42.0 Å². The van der Waals surface area contributed by atoms with Crippen LogP contribution >= 0.6 is 0 Å². The van der Waals surface area contributed by atoms with Gasteiger partial charge in [-0.3, -0.25) is 4.79 Å². The van der Waals surface area contributed by atoms with E-state index in [0.29, 0.717) is 17.1 Å². The summed E-state index contributed by atoms with van der Waals surface area (Å²) in [5.41, 5.74) is 2.91. The van der Waals surface area contributed by atoms with Crippen molar-refractivity contribution in [2.45, 2.75) is 0 Å². The highest BCUT2D eigenvalue weighted by Gasteiger charge is 2.14. The first kappa shape index (κ1) is 23.4. The minimum absolute atomic E-state index is 0.0637. The van der Waals surface area contributed by atoms with Crippen LogP contribution in [0, 0.1) is 5.82 Å². The van der Waals surface area contributed by atoms with Crippen molar-refractivity contribution in [3.05, 3.63) is 100.0 Å². The summed E-state index contributed by atoms with van der Waals surface area (Å²) in [6.07, 6.45) is 7.85. The maximum atomic E-state index is 14.6. The van der Waals surface area contributed by atoms with Gasteiger partial charge in [0.2, 0.25) is 5.95 Å². The number of rotatable bonds is 7. The largest absolute Gasteiger partial charge is 0.494 e. The van der Waals surface area contributed by atoms with Crippen LogP contribution in [0.4, 0.5) is 16.0 Å². The predicted molar refractivity (Wildman–Crippen MR) is 131 cm³/mol. The summed E-state index contributed by atoms with van der Waals surface area (Å²) in [6, 6.07) is 13.5. The quantitative estimate of drug-likeness (QED) is 0.376. The van der Waals surface area contributed by atoms with Crippen LogP contribution in [0.2, 0.25) is 0 Å². The highest BCUT2D eigenvalue weighted by molar-refractivity contribution is 5.91. The van der Waals surface area contributed by atoms with E-state index in [0.717, 1.165) is 11.3 Å². The number of aromatic amines is 1. The summed E-state index contributed by atoms with van der Waals surface area (Å²) in [5.74, 6) is -0.893. The first-order valence-corrected chi connectivity index (χ1v) is 10.5. The molecule has 0 saturated carbocycles. The number of benzene rings is 2. The lowest BCUT2D eigenvalue weighted by atomic mass is 10.1. The molecule has 0 radical (unpaired) electrons. The monoisotopic (exact) mass is 472 g/mol. The molecule has 2 aromatic heterocycles. The van der Waals surface area contributed by atoms with E-state index >= 15 is 0 Å². The van der Waals surface area contributed by atoms with E-state index in [4.69, 9.17) is 9.47 Å². The van der Waals surface area contributed by atoms with Crippen LogP contribution in [0.3, 0.4) is 0 Å². The van der Waals surface area contributed by atoms with Crippen LogP contribution in [0.5, 0.6) is 5.75 Å². The fourth-order valence-corrected chi connectivity index (χ4v) is 3.31. The Morgan fingerprint density at radius 1 is 1.06 bits per heavy atom. The maximum absolute atomic E-state index is 14.6. The highest BCUT2D eigenvalue weighted by Crippen LogP contribution is 2.25. The van der Waals surface area contributed by atoms with Crippen LogP contribution in [0.15, 0.2) is 71.9 Å². The molecule has 0 aliphatic rings. The number of esters is 1. The number of anilines is 2. The fraction of sp³-hybridized carbons (Fsp3) is 0.0769. The molecule has 0 fully saturated rings. The Kier molecular flexibility index (Phi) is 6.96. The number of aromatic nitrogens is 3. The van der Waals surface area contributed by atoms with Gasteiger partial charge in [0, 0.05) is 41.0 Å². The molecule has 4 aromatic rings. The lowest BCUT2D eigenvalue weighted by Crippen LogP contribution is -2.06. The van der Waals surface area contributed by atoms with E-state index in [1.807, 2.05) is 24.3 Å². The average molecular weight is 472 g/mol. The van der Waals surface area contributed by atoms with Crippen LogP contribution in [-0.4, -0.2) is 35.1 Å². The number of carbonyl (C=O) groups is 1. The minimum atomic E-state index is -0.600. The van der Waals surface area contributed by atoms with E-state index in [9.17, 15) is 14.0 Å². The van der Waals surface area contributed by atoms with E-state index in [1.165, 1.54) is 32.4 Å². The van der Waals surface area contributed by atoms with E-state index in [-0.39, 0.29) is 22.4 Å². The minimum Gasteiger partial charge on any atom is -0.494 e. The topological polar surface area (TPSA) is 106 Å². The number of hydrogen-bond acceptors (Lipinski definition) is 7. The number of hydrogen-bond donors (Lipinski definition) is 2. The van der Waals surface area contributed by atoms with Gasteiger partial charge < -0.3 is 19.8 Å². The van der Waals surface area contributed by atoms with Crippen LogP contribution in [0.25, 0.3) is 23.3 Å². The third-order valence-electron chi connectivity index (χ3n) is 5.11. The Morgan fingerprint density at radius 2 is 1.80 bits per heavy atom. The number of H-pyrrole nitrogens is 1. The third kappa shape index (κ3) is 5.41. The zero-order valence-corrected chi connectivity index (χ0v) is 18.9. The van der Waals surface area contributed by atoms with Crippen LogP contribution < -0.4 is 15.6 Å². The number of nitrogens with zero attached hydrogens (tertiary/aromatic N) is 2. The van der Waals surface area contributed by atoms with Crippen molar-refractivity contribution in [3.63, 3.8) is 0 Å². The fourth-order valence-electron chi connectivity index (χ4n) is 3.31. The normalized spacial score (nSPS) is 10.8. The molecule has 9 heteroatoms. The molecule has 35 heavy (non-hydrogen) atoms. The molecule has 0 saturated heterocycles. The third-order valence-corrected chi connectivity index (χ3v) is 5.11. The summed E-state index contributed by atoms with van der Waals surface area (Å²) >= 11 is 0. The standard InChI is InChI=1S/C26H21FN4O4/c1-34-22-13-19(25(33)35-2)12-18(23(22)27)6-5-16-14-29-26(30-15-16)31-20-9-7-17(8-10-20)21-4-3-11-28-24(21)32/h3-15H,1-2H3,(H,28,32)(H,29,30,31)/b6-5+. The average Bonchev–Trinajstić information content (AvgIpc) is 2.89. The highest BCUT2D eigenvalue weighted by atomic mass is 19.1. The zero-order valence-electron chi connectivity index (χ0n) is 18.9. The molecule has 2 N–H and O–H groups in total.